The molecule has 25 heavy (non-hydrogen) atoms. The number of aryl methyl sites for hydroxylation is 1. The van der Waals surface area contributed by atoms with Gasteiger partial charge in [-0.05, 0) is 18.6 Å². The predicted octanol–water partition coefficient (Wildman–Crippen LogP) is 0.396. The summed E-state index contributed by atoms with van der Waals surface area (Å²) in [7, 11) is -3.22. The van der Waals surface area contributed by atoms with Gasteiger partial charge in [0.05, 0.1) is 19.0 Å². The van der Waals surface area contributed by atoms with Gasteiger partial charge >= 0.3 is 0 Å². The highest BCUT2D eigenvalue weighted by atomic mass is 32.2. The van der Waals surface area contributed by atoms with Crippen molar-refractivity contribution < 1.29 is 22.7 Å². The van der Waals surface area contributed by atoms with Gasteiger partial charge in [-0.1, -0.05) is 18.2 Å². The van der Waals surface area contributed by atoms with Crippen molar-refractivity contribution in [1.82, 2.24) is 9.62 Å². The van der Waals surface area contributed by atoms with Crippen LogP contribution in [0.4, 0.5) is 0 Å². The normalized spacial score (nSPS) is 25.8. The number of hydrogen-bond acceptors (Lipinski definition) is 5. The first kappa shape index (κ1) is 18.2. The maximum atomic E-state index is 12.4. The summed E-state index contributed by atoms with van der Waals surface area (Å²) < 4.78 is 36.4. The largest absolute Gasteiger partial charge is 0.484 e. The van der Waals surface area contributed by atoms with Crippen LogP contribution in [0.15, 0.2) is 24.3 Å². The molecule has 3 rings (SSSR count). The third-order valence-corrected chi connectivity index (χ3v) is 5.54. The Bertz CT molecular complexity index is 736. The van der Waals surface area contributed by atoms with Crippen LogP contribution in [0.1, 0.15) is 5.56 Å². The van der Waals surface area contributed by atoms with Gasteiger partial charge in [0.25, 0.3) is 5.91 Å². The van der Waals surface area contributed by atoms with Crippen LogP contribution < -0.4 is 9.46 Å². The van der Waals surface area contributed by atoms with Crippen LogP contribution in [0, 0.1) is 18.8 Å². The van der Waals surface area contributed by atoms with Gasteiger partial charge in [-0.3, -0.25) is 4.79 Å². The van der Waals surface area contributed by atoms with Crippen molar-refractivity contribution in [2.75, 3.05) is 39.1 Å². The lowest BCUT2D eigenvalue weighted by atomic mass is 9.93. The molecule has 0 aliphatic carbocycles. The second-order valence-corrected chi connectivity index (χ2v) is 8.60. The number of sulfonamides is 1. The Morgan fingerprint density at radius 2 is 2.12 bits per heavy atom. The lowest BCUT2D eigenvalue weighted by Gasteiger charge is -2.20. The number of carbonyl (C=O) groups excluding carboxylic acids is 1. The van der Waals surface area contributed by atoms with Crippen LogP contribution >= 0.6 is 0 Å². The Kier molecular flexibility index (Phi) is 5.31. The molecule has 2 saturated heterocycles. The Hall–Kier alpha value is -1.64. The average Bonchev–Trinajstić information content (AvgIpc) is 3.12. The van der Waals surface area contributed by atoms with Crippen LogP contribution in [0.5, 0.6) is 5.75 Å². The zero-order valence-electron chi connectivity index (χ0n) is 14.5. The summed E-state index contributed by atoms with van der Waals surface area (Å²) in [5.74, 6) is 0.893. The molecule has 1 amide bonds. The summed E-state index contributed by atoms with van der Waals surface area (Å²) in [6.45, 7) is 3.93. The van der Waals surface area contributed by atoms with Crippen LogP contribution in [-0.4, -0.2) is 64.4 Å². The maximum absolute atomic E-state index is 12.4. The lowest BCUT2D eigenvalue weighted by Crippen LogP contribution is -2.36. The molecule has 138 valence electrons. The summed E-state index contributed by atoms with van der Waals surface area (Å²) in [5, 5.41) is 0. The number of benzene rings is 1. The van der Waals surface area contributed by atoms with E-state index in [0.717, 1.165) is 11.8 Å². The van der Waals surface area contributed by atoms with Gasteiger partial charge < -0.3 is 14.4 Å². The monoisotopic (exact) mass is 368 g/mol. The van der Waals surface area contributed by atoms with E-state index in [1.165, 1.54) is 0 Å². The number of nitrogens with zero attached hydrogens (tertiary/aromatic N) is 1. The molecule has 1 aromatic carbocycles. The summed E-state index contributed by atoms with van der Waals surface area (Å²) in [6, 6.07) is 7.58. The number of hydrogen-bond donors (Lipinski definition) is 1. The fourth-order valence-corrected chi connectivity index (χ4v) is 3.94. The molecule has 2 heterocycles. The van der Waals surface area contributed by atoms with Gasteiger partial charge in [-0.25, -0.2) is 13.1 Å². The summed E-state index contributed by atoms with van der Waals surface area (Å²) >= 11 is 0. The first-order chi connectivity index (χ1) is 11.8. The molecule has 3 atom stereocenters. The van der Waals surface area contributed by atoms with Crippen molar-refractivity contribution in [2.24, 2.45) is 11.8 Å². The molecule has 1 aromatic rings. The van der Waals surface area contributed by atoms with E-state index in [2.05, 4.69) is 4.72 Å². The molecule has 0 saturated carbocycles. The van der Waals surface area contributed by atoms with E-state index in [9.17, 15) is 13.2 Å². The Morgan fingerprint density at radius 1 is 1.36 bits per heavy atom. The van der Waals surface area contributed by atoms with Crippen molar-refractivity contribution in [3.8, 4) is 5.75 Å². The SMILES string of the molecule is Cc1ccccc1OCC(=O)N1C[C@H]2[C@H](CNS(C)(=O)=O)CO[C@H]2C1. The quantitative estimate of drug-likeness (QED) is 0.786. The van der Waals surface area contributed by atoms with E-state index in [1.54, 1.807) is 4.90 Å². The van der Waals surface area contributed by atoms with Crippen molar-refractivity contribution in [2.45, 2.75) is 13.0 Å². The molecule has 0 radical (unpaired) electrons. The standard InChI is InChI=1S/C17H24N2O5S/c1-12-5-3-4-6-15(12)24-11-17(20)19-8-14-13(7-18-25(2,21)22)10-23-16(14)9-19/h3-6,13-14,16,18H,7-11H2,1-2H3/t13-,14+,16+/m1/s1. The molecule has 0 spiro atoms. The average molecular weight is 368 g/mol. The van der Waals surface area contributed by atoms with Crippen LogP contribution in [0.25, 0.3) is 0 Å². The fraction of sp³-hybridized carbons (Fsp3) is 0.588. The zero-order valence-corrected chi connectivity index (χ0v) is 15.3. The smallest absolute Gasteiger partial charge is 0.260 e. The first-order valence-corrected chi connectivity index (χ1v) is 10.2. The van der Waals surface area contributed by atoms with Gasteiger partial charge in [0, 0.05) is 31.5 Å². The highest BCUT2D eigenvalue weighted by Gasteiger charge is 2.45. The van der Waals surface area contributed by atoms with Crippen molar-refractivity contribution >= 4 is 15.9 Å². The molecule has 2 aliphatic heterocycles. The summed E-state index contributed by atoms with van der Waals surface area (Å²) in [4.78, 5) is 14.2. The van der Waals surface area contributed by atoms with E-state index < -0.39 is 10.0 Å². The highest BCUT2D eigenvalue weighted by Crippen LogP contribution is 2.33. The number of para-hydroxylation sites is 1. The van der Waals surface area contributed by atoms with Gasteiger partial charge in [0.1, 0.15) is 5.75 Å². The summed E-state index contributed by atoms with van der Waals surface area (Å²) in [6.07, 6.45) is 1.13. The minimum Gasteiger partial charge on any atom is -0.484 e. The third kappa shape index (κ3) is 4.50. The van der Waals surface area contributed by atoms with Gasteiger partial charge in [0.15, 0.2) is 6.61 Å². The first-order valence-electron chi connectivity index (χ1n) is 8.36. The van der Waals surface area contributed by atoms with Crippen molar-refractivity contribution in [1.29, 1.82) is 0 Å². The number of rotatable bonds is 6. The molecule has 0 bridgehead atoms. The second-order valence-electron chi connectivity index (χ2n) is 6.77. The number of fused-ring (bicyclic) bond motifs is 1. The van der Waals surface area contributed by atoms with Crippen molar-refractivity contribution in [3.05, 3.63) is 29.8 Å². The number of ether oxygens (including phenoxy) is 2. The lowest BCUT2D eigenvalue weighted by molar-refractivity contribution is -0.133. The van der Waals surface area contributed by atoms with E-state index in [0.29, 0.717) is 32.0 Å². The van der Waals surface area contributed by atoms with Gasteiger partial charge in [-0.15, -0.1) is 0 Å². The minimum absolute atomic E-state index is 0.00342. The Morgan fingerprint density at radius 3 is 2.84 bits per heavy atom. The topological polar surface area (TPSA) is 84.9 Å². The molecule has 0 unspecified atom stereocenters. The van der Waals surface area contributed by atoms with Gasteiger partial charge in [0.2, 0.25) is 10.0 Å². The second kappa shape index (κ2) is 7.31. The number of likely N-dealkylation sites (tertiary alicyclic amines) is 1. The van der Waals surface area contributed by atoms with Crippen LogP contribution in [0.2, 0.25) is 0 Å². The zero-order chi connectivity index (χ0) is 18.0. The highest BCUT2D eigenvalue weighted by molar-refractivity contribution is 7.88. The van der Waals surface area contributed by atoms with Crippen molar-refractivity contribution in [3.63, 3.8) is 0 Å². The predicted molar refractivity (Wildman–Crippen MR) is 92.8 cm³/mol. The number of amides is 1. The van der Waals surface area contributed by atoms with E-state index in [-0.39, 0.29) is 30.5 Å². The third-order valence-electron chi connectivity index (χ3n) is 4.84. The van der Waals surface area contributed by atoms with E-state index >= 15 is 0 Å². The molecular formula is C17H24N2O5S. The van der Waals surface area contributed by atoms with E-state index in [4.69, 9.17) is 9.47 Å². The summed E-state index contributed by atoms with van der Waals surface area (Å²) in [5.41, 5.74) is 0.990. The maximum Gasteiger partial charge on any atom is 0.260 e. The van der Waals surface area contributed by atoms with Gasteiger partial charge in [-0.2, -0.15) is 0 Å². The molecule has 8 heteroatoms. The molecule has 7 nitrogen and oxygen atoms in total. The number of nitrogens with one attached hydrogen (secondary N) is 1. The van der Waals surface area contributed by atoms with E-state index in [1.807, 2.05) is 31.2 Å². The molecular weight excluding hydrogens is 344 g/mol. The molecule has 1 N–H and O–H groups in total. The molecule has 2 fully saturated rings. The van der Waals surface area contributed by atoms with Crippen LogP contribution in [-0.2, 0) is 19.6 Å². The Labute approximate surface area is 148 Å². The molecule has 0 aromatic heterocycles. The minimum atomic E-state index is -3.22. The molecule has 2 aliphatic rings. The Balaban J connectivity index is 1.52. The fourth-order valence-electron chi connectivity index (χ4n) is 3.42. The number of carbonyl (C=O) groups is 1. The van der Waals surface area contributed by atoms with Crippen LogP contribution in [0.3, 0.4) is 0 Å².